The van der Waals surface area contributed by atoms with E-state index in [2.05, 4.69) is 52.1 Å². The maximum atomic E-state index is 4.37. The van der Waals surface area contributed by atoms with Crippen LogP contribution in [0.25, 0.3) is 0 Å². The summed E-state index contributed by atoms with van der Waals surface area (Å²) in [6.45, 7) is 6.68. The number of aromatic nitrogens is 1. The van der Waals surface area contributed by atoms with Crippen LogP contribution in [0.3, 0.4) is 0 Å². The van der Waals surface area contributed by atoms with Gasteiger partial charge in [-0.15, -0.1) is 11.3 Å². The topological polar surface area (TPSA) is 16.1 Å². The van der Waals surface area contributed by atoms with Gasteiger partial charge in [-0.25, -0.2) is 4.98 Å². The van der Waals surface area contributed by atoms with Crippen molar-refractivity contribution in [1.82, 2.24) is 9.88 Å². The molecule has 0 aliphatic carbocycles. The van der Waals surface area contributed by atoms with Crippen molar-refractivity contribution in [2.45, 2.75) is 46.1 Å². The first-order valence-electron chi connectivity index (χ1n) is 6.77. The van der Waals surface area contributed by atoms with Crippen LogP contribution in [0.2, 0.25) is 0 Å². The van der Waals surface area contributed by atoms with Gasteiger partial charge in [0.25, 0.3) is 0 Å². The van der Waals surface area contributed by atoms with Crippen molar-refractivity contribution in [3.63, 3.8) is 0 Å². The van der Waals surface area contributed by atoms with Crippen LogP contribution in [0.5, 0.6) is 0 Å². The molecule has 1 aromatic heterocycles. The van der Waals surface area contributed by atoms with E-state index in [4.69, 9.17) is 0 Å². The highest BCUT2D eigenvalue weighted by Gasteiger charge is 2.28. The molecule has 0 unspecified atom stereocenters. The van der Waals surface area contributed by atoms with Gasteiger partial charge in [-0.3, -0.25) is 4.90 Å². The second-order valence-electron chi connectivity index (χ2n) is 5.29. The van der Waals surface area contributed by atoms with E-state index >= 15 is 0 Å². The molecule has 0 atom stereocenters. The number of thiazole rings is 1. The molecular formula is C14H25BrN2S. The normalized spacial score (nSPS) is 12.3. The zero-order valence-electron chi connectivity index (χ0n) is 11.8. The fourth-order valence-corrected chi connectivity index (χ4v) is 4.03. The number of halogens is 1. The summed E-state index contributed by atoms with van der Waals surface area (Å²) in [5, 5.41) is 3.25. The lowest BCUT2D eigenvalue weighted by atomic mass is 9.81. The first kappa shape index (κ1) is 16.1. The molecule has 0 saturated carbocycles. The Morgan fingerprint density at radius 2 is 2.00 bits per heavy atom. The van der Waals surface area contributed by atoms with Crippen molar-refractivity contribution in [3.05, 3.63) is 16.6 Å². The molecule has 104 valence electrons. The van der Waals surface area contributed by atoms with Gasteiger partial charge in [-0.05, 0) is 25.3 Å². The van der Waals surface area contributed by atoms with Crippen LogP contribution in [-0.2, 0) is 6.54 Å². The molecule has 0 radical (unpaired) electrons. The SMILES string of the molecule is CCCC(CBr)(CCC)CN(C)Cc1cscn1. The Hall–Kier alpha value is 0.0700. The van der Waals surface area contributed by atoms with Crippen molar-refractivity contribution >= 4 is 27.3 Å². The molecule has 4 heteroatoms. The number of hydrogen-bond donors (Lipinski definition) is 0. The van der Waals surface area contributed by atoms with Crippen LogP contribution in [0.4, 0.5) is 0 Å². The predicted molar refractivity (Wildman–Crippen MR) is 84.5 cm³/mol. The number of hydrogen-bond acceptors (Lipinski definition) is 3. The smallest absolute Gasteiger partial charge is 0.0795 e. The molecule has 0 spiro atoms. The van der Waals surface area contributed by atoms with Gasteiger partial charge >= 0.3 is 0 Å². The maximum Gasteiger partial charge on any atom is 0.0795 e. The van der Waals surface area contributed by atoms with Crippen LogP contribution >= 0.6 is 27.3 Å². The lowest BCUT2D eigenvalue weighted by molar-refractivity contribution is 0.165. The number of nitrogens with zero attached hydrogens (tertiary/aromatic N) is 2. The molecule has 0 bridgehead atoms. The van der Waals surface area contributed by atoms with Crippen LogP contribution in [-0.4, -0.2) is 28.8 Å². The Bertz CT molecular complexity index is 308. The van der Waals surface area contributed by atoms with Gasteiger partial charge in [0.05, 0.1) is 11.2 Å². The lowest BCUT2D eigenvalue weighted by Crippen LogP contribution is -2.36. The van der Waals surface area contributed by atoms with Crippen molar-refractivity contribution in [3.8, 4) is 0 Å². The third-order valence-corrected chi connectivity index (χ3v) is 5.19. The van der Waals surface area contributed by atoms with Crippen molar-refractivity contribution in [2.75, 3.05) is 18.9 Å². The highest BCUT2D eigenvalue weighted by Crippen LogP contribution is 2.33. The number of alkyl halides is 1. The van der Waals surface area contributed by atoms with E-state index in [1.54, 1.807) is 11.3 Å². The third-order valence-electron chi connectivity index (χ3n) is 3.36. The minimum Gasteiger partial charge on any atom is -0.300 e. The average Bonchev–Trinajstić information content (AvgIpc) is 2.82. The van der Waals surface area contributed by atoms with E-state index in [1.807, 2.05) is 5.51 Å². The van der Waals surface area contributed by atoms with Gasteiger partial charge in [-0.1, -0.05) is 42.6 Å². The second kappa shape index (κ2) is 8.28. The Morgan fingerprint density at radius 3 is 2.44 bits per heavy atom. The van der Waals surface area contributed by atoms with Crippen LogP contribution < -0.4 is 0 Å². The largest absolute Gasteiger partial charge is 0.300 e. The predicted octanol–water partition coefficient (Wildman–Crippen LogP) is 4.56. The summed E-state index contributed by atoms with van der Waals surface area (Å²) < 4.78 is 0. The van der Waals surface area contributed by atoms with Gasteiger partial charge in [0.2, 0.25) is 0 Å². The summed E-state index contributed by atoms with van der Waals surface area (Å²) in [7, 11) is 2.21. The van der Waals surface area contributed by atoms with Gasteiger partial charge in [0.15, 0.2) is 0 Å². The van der Waals surface area contributed by atoms with Crippen LogP contribution in [0.1, 0.15) is 45.2 Å². The molecule has 1 heterocycles. The van der Waals surface area contributed by atoms with E-state index in [1.165, 1.54) is 31.4 Å². The molecule has 0 N–H and O–H groups in total. The summed E-state index contributed by atoms with van der Waals surface area (Å²) in [5.41, 5.74) is 3.53. The van der Waals surface area contributed by atoms with Gasteiger partial charge in [0, 0.05) is 23.8 Å². The van der Waals surface area contributed by atoms with Crippen molar-refractivity contribution in [1.29, 1.82) is 0 Å². The molecule has 1 rings (SSSR count). The minimum atomic E-state index is 0.425. The standard InChI is InChI=1S/C14H25BrN2S/c1-4-6-14(10-15,7-5-2)11-17(3)8-13-9-18-12-16-13/h9,12H,4-8,10-11H2,1-3H3. The zero-order valence-corrected chi connectivity index (χ0v) is 14.2. The summed E-state index contributed by atoms with van der Waals surface area (Å²) >= 11 is 5.42. The molecule has 0 aliphatic heterocycles. The van der Waals surface area contributed by atoms with Crippen LogP contribution in [0, 0.1) is 5.41 Å². The molecule has 0 aliphatic rings. The van der Waals surface area contributed by atoms with E-state index < -0.39 is 0 Å². The number of rotatable bonds is 9. The molecule has 18 heavy (non-hydrogen) atoms. The van der Waals surface area contributed by atoms with E-state index in [9.17, 15) is 0 Å². The molecule has 1 aromatic rings. The molecule has 0 fully saturated rings. The Balaban J connectivity index is 2.58. The van der Waals surface area contributed by atoms with E-state index in [0.29, 0.717) is 5.41 Å². The van der Waals surface area contributed by atoms with Gasteiger partial charge in [0.1, 0.15) is 0 Å². The first-order chi connectivity index (χ1) is 8.65. The minimum absolute atomic E-state index is 0.425. The summed E-state index contributed by atoms with van der Waals surface area (Å²) in [6.07, 6.45) is 5.12. The Kier molecular flexibility index (Phi) is 7.42. The maximum absolute atomic E-state index is 4.37. The zero-order chi connectivity index (χ0) is 13.4. The Morgan fingerprint density at radius 1 is 1.33 bits per heavy atom. The molecule has 0 aromatic carbocycles. The van der Waals surface area contributed by atoms with Crippen molar-refractivity contribution < 1.29 is 0 Å². The fraction of sp³-hybridized carbons (Fsp3) is 0.786. The van der Waals surface area contributed by atoms with Crippen molar-refractivity contribution in [2.24, 2.45) is 5.41 Å². The highest BCUT2D eigenvalue weighted by atomic mass is 79.9. The second-order valence-corrected chi connectivity index (χ2v) is 6.57. The third kappa shape index (κ3) is 4.98. The van der Waals surface area contributed by atoms with E-state index in [0.717, 1.165) is 18.4 Å². The molecule has 0 saturated heterocycles. The van der Waals surface area contributed by atoms with Gasteiger partial charge in [-0.2, -0.15) is 0 Å². The summed E-state index contributed by atoms with van der Waals surface area (Å²) in [5.74, 6) is 0. The fourth-order valence-electron chi connectivity index (χ4n) is 2.74. The quantitative estimate of drug-likeness (QED) is 0.616. The average molecular weight is 333 g/mol. The van der Waals surface area contributed by atoms with Gasteiger partial charge < -0.3 is 0 Å². The monoisotopic (exact) mass is 332 g/mol. The first-order valence-corrected chi connectivity index (χ1v) is 8.84. The highest BCUT2D eigenvalue weighted by molar-refractivity contribution is 9.09. The molecular weight excluding hydrogens is 308 g/mol. The molecule has 0 amide bonds. The lowest BCUT2D eigenvalue weighted by Gasteiger charge is -2.35. The Labute approximate surface area is 124 Å². The van der Waals surface area contributed by atoms with E-state index in [-0.39, 0.29) is 0 Å². The molecule has 2 nitrogen and oxygen atoms in total. The van der Waals surface area contributed by atoms with Crippen LogP contribution in [0.15, 0.2) is 10.9 Å². The summed E-state index contributed by atoms with van der Waals surface area (Å²) in [4.78, 5) is 6.79. The summed E-state index contributed by atoms with van der Waals surface area (Å²) in [6, 6.07) is 0.